The first-order chi connectivity index (χ1) is 14.2. The molecule has 3 N–H and O–H groups in total. The molecule has 0 aliphatic rings. The number of rotatable bonds is 5. The molecule has 1 heterocycles. The fraction of sp³-hybridized carbons (Fsp3) is 0.182. The average molecular weight is 413 g/mol. The van der Waals surface area contributed by atoms with Gasteiger partial charge < -0.3 is 15.2 Å². The largest absolute Gasteiger partial charge is 0.392 e. The molecule has 1 aromatic heterocycles. The van der Waals surface area contributed by atoms with Crippen molar-refractivity contribution in [2.24, 2.45) is 0 Å². The highest BCUT2D eigenvalue weighted by Gasteiger charge is 2.14. The van der Waals surface area contributed by atoms with E-state index in [0.29, 0.717) is 11.3 Å². The van der Waals surface area contributed by atoms with Crippen LogP contribution in [-0.4, -0.2) is 16.6 Å². The van der Waals surface area contributed by atoms with Crippen LogP contribution in [0.4, 0.5) is 24.8 Å². The van der Waals surface area contributed by atoms with Gasteiger partial charge in [-0.05, 0) is 48.7 Å². The summed E-state index contributed by atoms with van der Waals surface area (Å²) in [5.41, 5.74) is 2.98. The molecule has 30 heavy (non-hydrogen) atoms. The summed E-state index contributed by atoms with van der Waals surface area (Å²) in [6.45, 7) is 7.66. The van der Waals surface area contributed by atoms with E-state index < -0.39 is 17.5 Å². The molecule has 0 spiro atoms. The van der Waals surface area contributed by atoms with Crippen LogP contribution >= 0.6 is 0 Å². The lowest BCUT2D eigenvalue weighted by Gasteiger charge is -2.18. The quantitative estimate of drug-likeness (QED) is 0.564. The third kappa shape index (κ3) is 4.22. The van der Waals surface area contributed by atoms with Crippen molar-refractivity contribution in [2.75, 3.05) is 12.4 Å². The van der Waals surface area contributed by atoms with Crippen LogP contribution in [0.25, 0.3) is 12.8 Å². The van der Waals surface area contributed by atoms with Crippen LogP contribution in [0.1, 0.15) is 16.7 Å². The fourth-order valence-corrected chi connectivity index (χ4v) is 3.06. The van der Waals surface area contributed by atoms with E-state index in [1.807, 2.05) is 32.0 Å². The Labute approximate surface area is 171 Å². The first kappa shape index (κ1) is 21.2. The molecule has 0 aliphatic carbocycles. The molecule has 0 bridgehead atoms. The number of aromatic nitrogens is 2. The second-order valence-electron chi connectivity index (χ2n) is 6.98. The second-order valence-corrected chi connectivity index (χ2v) is 6.98. The van der Waals surface area contributed by atoms with Gasteiger partial charge >= 0.3 is 0 Å². The van der Waals surface area contributed by atoms with E-state index in [4.69, 9.17) is 5.41 Å². The third-order valence-corrected chi connectivity index (χ3v) is 4.64. The molecular formula is C22H22F3N5. The van der Waals surface area contributed by atoms with Crippen molar-refractivity contribution in [3.8, 4) is 0 Å². The predicted molar refractivity (Wildman–Crippen MR) is 111 cm³/mol. The number of hydrogen-bond donors (Lipinski definition) is 3. The van der Waals surface area contributed by atoms with Crippen LogP contribution in [0.3, 0.4) is 0 Å². The summed E-state index contributed by atoms with van der Waals surface area (Å²) in [6.07, 6.45) is 1.57. The third-order valence-electron chi connectivity index (χ3n) is 4.64. The van der Waals surface area contributed by atoms with E-state index in [1.165, 1.54) is 0 Å². The fourth-order valence-electron chi connectivity index (χ4n) is 3.06. The van der Waals surface area contributed by atoms with Gasteiger partial charge in [0.15, 0.2) is 17.5 Å². The average Bonchev–Trinajstić information content (AvgIpc) is 2.69. The van der Waals surface area contributed by atoms with Crippen LogP contribution in [0.5, 0.6) is 0 Å². The van der Waals surface area contributed by atoms with Gasteiger partial charge in [-0.25, -0.2) is 18.2 Å². The summed E-state index contributed by atoms with van der Waals surface area (Å²) < 4.78 is 42.5. The van der Waals surface area contributed by atoms with Gasteiger partial charge in [-0.2, -0.15) is 0 Å². The molecule has 3 aromatic rings. The minimum Gasteiger partial charge on any atom is -0.392 e. The monoisotopic (exact) mass is 413 g/mol. The minimum atomic E-state index is -1.52. The van der Waals surface area contributed by atoms with Crippen molar-refractivity contribution in [3.63, 3.8) is 0 Å². The molecule has 0 radical (unpaired) electrons. The molecule has 0 fully saturated rings. The van der Waals surface area contributed by atoms with Gasteiger partial charge in [-0.15, -0.1) is 0 Å². The van der Waals surface area contributed by atoms with Crippen molar-refractivity contribution in [2.45, 2.75) is 20.4 Å². The Bertz CT molecular complexity index is 1260. The number of halogens is 3. The van der Waals surface area contributed by atoms with Crippen molar-refractivity contribution < 1.29 is 13.2 Å². The van der Waals surface area contributed by atoms with Gasteiger partial charge in [0, 0.05) is 18.9 Å². The molecule has 3 rings (SSSR count). The maximum Gasteiger partial charge on any atom is 0.208 e. The molecule has 2 aromatic carbocycles. The topological polar surface area (TPSA) is 65.7 Å². The lowest BCUT2D eigenvalue weighted by molar-refractivity contribution is 0.444. The zero-order chi connectivity index (χ0) is 22.0. The van der Waals surface area contributed by atoms with E-state index in [1.54, 1.807) is 17.8 Å². The minimum absolute atomic E-state index is 0.0476. The first-order valence-electron chi connectivity index (χ1n) is 9.20. The van der Waals surface area contributed by atoms with E-state index in [9.17, 15) is 13.2 Å². The lowest BCUT2D eigenvalue weighted by Crippen LogP contribution is -2.48. The van der Waals surface area contributed by atoms with Gasteiger partial charge in [0.2, 0.25) is 5.95 Å². The Morgan fingerprint density at radius 2 is 1.80 bits per heavy atom. The highest BCUT2D eigenvalue weighted by molar-refractivity contribution is 5.59. The highest BCUT2D eigenvalue weighted by Crippen LogP contribution is 2.20. The number of anilines is 2. The van der Waals surface area contributed by atoms with Gasteiger partial charge in [-0.3, -0.25) is 5.41 Å². The summed E-state index contributed by atoms with van der Waals surface area (Å²) in [5.74, 6) is -3.74. The zero-order valence-electron chi connectivity index (χ0n) is 16.9. The summed E-state index contributed by atoms with van der Waals surface area (Å²) in [7, 11) is 1.67. The van der Waals surface area contributed by atoms with Gasteiger partial charge in [-0.1, -0.05) is 18.7 Å². The maximum absolute atomic E-state index is 13.8. The van der Waals surface area contributed by atoms with Crippen molar-refractivity contribution in [3.05, 3.63) is 80.5 Å². The maximum atomic E-state index is 13.8. The van der Waals surface area contributed by atoms with Crippen molar-refractivity contribution in [1.82, 2.24) is 14.9 Å². The van der Waals surface area contributed by atoms with Gasteiger partial charge in [0.25, 0.3) is 0 Å². The van der Waals surface area contributed by atoms with Gasteiger partial charge in [0.05, 0.1) is 17.2 Å². The number of nitrogens with zero attached hydrogens (tertiary/aromatic N) is 2. The highest BCUT2D eigenvalue weighted by atomic mass is 19.2. The first-order valence-corrected chi connectivity index (χ1v) is 9.20. The standard InChI is InChI=1S/C22H22F3N5/c1-12-5-6-13(2)18(7-12)29-22-28-14(3)21(26)19(10-27-4)30(22)11-15-8-16(23)20(25)17(24)9-15/h5-10,26-27H,3,11H2,1-2,4H3,(H,28,29)/b19-10+,26-21?. The zero-order valence-corrected chi connectivity index (χ0v) is 16.9. The molecule has 0 saturated heterocycles. The second kappa shape index (κ2) is 8.44. The Balaban J connectivity index is 2.22. The molecule has 0 amide bonds. The van der Waals surface area contributed by atoms with E-state index in [2.05, 4.69) is 22.2 Å². The SMILES string of the molecule is C=c1nc(Nc2cc(C)ccc2C)n(Cc2cc(F)c(F)c(F)c2)/c(=C/NC)c1=N. The molecule has 156 valence electrons. The Morgan fingerprint density at radius 1 is 1.13 bits per heavy atom. The lowest BCUT2D eigenvalue weighted by atomic mass is 10.1. The van der Waals surface area contributed by atoms with E-state index >= 15 is 0 Å². The van der Waals surface area contributed by atoms with Crippen LogP contribution in [0.15, 0.2) is 30.3 Å². The van der Waals surface area contributed by atoms with Crippen LogP contribution < -0.4 is 26.7 Å². The molecule has 5 nitrogen and oxygen atoms in total. The predicted octanol–water partition coefficient (Wildman–Crippen LogP) is 2.56. The van der Waals surface area contributed by atoms with E-state index in [-0.39, 0.29) is 22.8 Å². The molecule has 0 saturated carbocycles. The van der Waals surface area contributed by atoms with Crippen LogP contribution in [-0.2, 0) is 6.54 Å². The summed E-state index contributed by atoms with van der Waals surface area (Å²) in [6, 6.07) is 7.73. The number of aryl methyl sites for hydroxylation is 2. The van der Waals surface area contributed by atoms with Gasteiger partial charge in [0.1, 0.15) is 5.36 Å². The molecule has 0 unspecified atom stereocenters. The molecule has 0 aliphatic heterocycles. The smallest absolute Gasteiger partial charge is 0.208 e. The normalized spacial score (nSPS) is 11.6. The number of nitrogens with one attached hydrogen (secondary N) is 3. The molecular weight excluding hydrogens is 391 g/mol. The van der Waals surface area contributed by atoms with Crippen molar-refractivity contribution >= 4 is 24.4 Å². The summed E-state index contributed by atoms with van der Waals surface area (Å²) in [5, 5.41) is 15.1. The van der Waals surface area contributed by atoms with Crippen LogP contribution in [0, 0.1) is 36.7 Å². The van der Waals surface area contributed by atoms with Crippen molar-refractivity contribution in [1.29, 1.82) is 5.41 Å². The molecule has 0 atom stereocenters. The Hall–Kier alpha value is -3.55. The summed E-state index contributed by atoms with van der Waals surface area (Å²) >= 11 is 0. The van der Waals surface area contributed by atoms with Crippen LogP contribution in [0.2, 0.25) is 0 Å². The Kier molecular flexibility index (Phi) is 5.96. The van der Waals surface area contributed by atoms with E-state index in [0.717, 1.165) is 28.9 Å². The number of hydrogen-bond acceptors (Lipinski definition) is 4. The Morgan fingerprint density at radius 3 is 2.43 bits per heavy atom. The molecule has 8 heteroatoms. The number of benzene rings is 2. The summed E-state index contributed by atoms with van der Waals surface area (Å²) in [4.78, 5) is 4.38.